The third-order valence-electron chi connectivity index (χ3n) is 1.89. The number of rotatable bonds is 4. The van der Waals surface area contributed by atoms with Gasteiger partial charge in [-0.15, -0.1) is 5.10 Å². The molecule has 0 fully saturated rings. The van der Waals surface area contributed by atoms with Crippen molar-refractivity contribution >= 4 is 11.7 Å². The van der Waals surface area contributed by atoms with E-state index in [1.165, 1.54) is 7.11 Å². The van der Waals surface area contributed by atoms with E-state index >= 15 is 0 Å². The van der Waals surface area contributed by atoms with Gasteiger partial charge in [0.25, 0.3) is 5.91 Å². The smallest absolute Gasteiger partial charge is 0.251 e. The standard InChI is InChI=1S/C10H15N3O2/c1-7(2)8-4-9(13-11-5-8)12-10(14)6-15-3/h4-5,7H,6H2,1-3H3,(H,12,13,14). The minimum Gasteiger partial charge on any atom is -0.375 e. The average Bonchev–Trinajstić information content (AvgIpc) is 2.18. The molecule has 0 aliphatic carbocycles. The lowest BCUT2D eigenvalue weighted by Gasteiger charge is -2.07. The van der Waals surface area contributed by atoms with Crippen molar-refractivity contribution in [3.8, 4) is 0 Å². The highest BCUT2D eigenvalue weighted by molar-refractivity contribution is 5.90. The van der Waals surface area contributed by atoms with Gasteiger partial charge in [0.2, 0.25) is 0 Å². The number of methoxy groups -OCH3 is 1. The van der Waals surface area contributed by atoms with Gasteiger partial charge in [0.05, 0.1) is 6.20 Å². The first-order chi connectivity index (χ1) is 7.13. The van der Waals surface area contributed by atoms with Crippen molar-refractivity contribution in [1.29, 1.82) is 0 Å². The van der Waals surface area contributed by atoms with Crippen LogP contribution in [-0.4, -0.2) is 29.8 Å². The van der Waals surface area contributed by atoms with Crippen LogP contribution >= 0.6 is 0 Å². The van der Waals surface area contributed by atoms with Gasteiger partial charge in [0.1, 0.15) is 6.61 Å². The lowest BCUT2D eigenvalue weighted by atomic mass is 10.1. The first-order valence-electron chi connectivity index (χ1n) is 4.75. The predicted octanol–water partition coefficient (Wildman–Crippen LogP) is 1.18. The SMILES string of the molecule is COCC(=O)Nc1cc(C(C)C)cnn1. The first-order valence-corrected chi connectivity index (χ1v) is 4.75. The van der Waals surface area contributed by atoms with Crippen molar-refractivity contribution in [3.05, 3.63) is 17.8 Å². The molecule has 15 heavy (non-hydrogen) atoms. The van der Waals surface area contributed by atoms with Crippen LogP contribution in [0.2, 0.25) is 0 Å². The third kappa shape index (κ3) is 3.63. The van der Waals surface area contributed by atoms with Gasteiger partial charge < -0.3 is 10.1 Å². The normalized spacial score (nSPS) is 10.4. The van der Waals surface area contributed by atoms with Crippen LogP contribution in [0.25, 0.3) is 0 Å². The highest BCUT2D eigenvalue weighted by Crippen LogP contribution is 2.14. The highest BCUT2D eigenvalue weighted by Gasteiger charge is 2.05. The number of amides is 1. The molecule has 0 aliphatic heterocycles. The molecule has 1 N–H and O–H groups in total. The summed E-state index contributed by atoms with van der Waals surface area (Å²) < 4.78 is 4.69. The van der Waals surface area contributed by atoms with E-state index in [-0.39, 0.29) is 12.5 Å². The third-order valence-corrected chi connectivity index (χ3v) is 1.89. The van der Waals surface area contributed by atoms with Gasteiger partial charge in [-0.25, -0.2) is 0 Å². The molecule has 0 radical (unpaired) electrons. The second kappa shape index (κ2) is 5.41. The molecule has 1 heterocycles. The van der Waals surface area contributed by atoms with E-state index in [9.17, 15) is 4.79 Å². The van der Waals surface area contributed by atoms with Gasteiger partial charge in [-0.3, -0.25) is 4.79 Å². The summed E-state index contributed by atoms with van der Waals surface area (Å²) in [6.07, 6.45) is 1.69. The van der Waals surface area contributed by atoms with Gasteiger partial charge in [0, 0.05) is 7.11 Å². The number of nitrogens with one attached hydrogen (secondary N) is 1. The Bertz CT molecular complexity index is 339. The predicted molar refractivity (Wildman–Crippen MR) is 56.6 cm³/mol. The Morgan fingerprint density at radius 1 is 1.60 bits per heavy atom. The molecule has 5 heteroatoms. The Morgan fingerprint density at radius 2 is 2.33 bits per heavy atom. The fraction of sp³-hybridized carbons (Fsp3) is 0.500. The lowest BCUT2D eigenvalue weighted by Crippen LogP contribution is -2.18. The summed E-state index contributed by atoms with van der Waals surface area (Å²) in [5.41, 5.74) is 1.04. The Morgan fingerprint density at radius 3 is 2.93 bits per heavy atom. The zero-order valence-corrected chi connectivity index (χ0v) is 9.15. The number of carbonyl (C=O) groups is 1. The molecule has 0 saturated carbocycles. The van der Waals surface area contributed by atoms with E-state index in [0.717, 1.165) is 5.56 Å². The number of hydrogen-bond donors (Lipinski definition) is 1. The number of carbonyl (C=O) groups excluding carboxylic acids is 1. The molecule has 0 spiro atoms. The van der Waals surface area contributed by atoms with E-state index in [2.05, 4.69) is 29.4 Å². The molecule has 1 aromatic rings. The van der Waals surface area contributed by atoms with Crippen LogP contribution in [0.1, 0.15) is 25.3 Å². The fourth-order valence-electron chi connectivity index (χ4n) is 1.07. The number of nitrogens with zero attached hydrogens (tertiary/aromatic N) is 2. The summed E-state index contributed by atoms with van der Waals surface area (Å²) in [6, 6.07) is 1.81. The van der Waals surface area contributed by atoms with Crippen LogP contribution in [0.3, 0.4) is 0 Å². The average molecular weight is 209 g/mol. The van der Waals surface area contributed by atoms with Gasteiger partial charge in [-0.2, -0.15) is 5.10 Å². The van der Waals surface area contributed by atoms with E-state index in [1.807, 2.05) is 6.07 Å². The van der Waals surface area contributed by atoms with E-state index in [1.54, 1.807) is 6.20 Å². The molecule has 1 aromatic heterocycles. The molecule has 0 bridgehead atoms. The van der Waals surface area contributed by atoms with Crippen molar-refractivity contribution < 1.29 is 9.53 Å². The van der Waals surface area contributed by atoms with Gasteiger partial charge >= 0.3 is 0 Å². The highest BCUT2D eigenvalue weighted by atomic mass is 16.5. The molecule has 1 amide bonds. The van der Waals surface area contributed by atoms with Crippen molar-refractivity contribution in [3.63, 3.8) is 0 Å². The Hall–Kier alpha value is -1.49. The Kier molecular flexibility index (Phi) is 4.17. The van der Waals surface area contributed by atoms with Crippen molar-refractivity contribution in [2.75, 3.05) is 19.0 Å². The van der Waals surface area contributed by atoms with Crippen LogP contribution in [-0.2, 0) is 9.53 Å². The summed E-state index contributed by atoms with van der Waals surface area (Å²) in [4.78, 5) is 11.2. The second-order valence-electron chi connectivity index (χ2n) is 3.51. The van der Waals surface area contributed by atoms with E-state index < -0.39 is 0 Å². The van der Waals surface area contributed by atoms with Gasteiger partial charge in [-0.1, -0.05) is 13.8 Å². The largest absolute Gasteiger partial charge is 0.375 e. The van der Waals surface area contributed by atoms with Crippen LogP contribution in [0, 0.1) is 0 Å². The number of anilines is 1. The maximum Gasteiger partial charge on any atom is 0.251 e. The minimum atomic E-state index is -0.229. The molecular formula is C10H15N3O2. The quantitative estimate of drug-likeness (QED) is 0.808. The van der Waals surface area contributed by atoms with Crippen LogP contribution in [0.5, 0.6) is 0 Å². The summed E-state index contributed by atoms with van der Waals surface area (Å²) in [7, 11) is 1.47. The van der Waals surface area contributed by atoms with Crippen LogP contribution in [0.4, 0.5) is 5.82 Å². The topological polar surface area (TPSA) is 64.1 Å². The minimum absolute atomic E-state index is 0.0214. The summed E-state index contributed by atoms with van der Waals surface area (Å²) in [6.45, 7) is 4.13. The molecule has 0 unspecified atom stereocenters. The zero-order valence-electron chi connectivity index (χ0n) is 9.15. The first kappa shape index (κ1) is 11.6. The molecule has 0 atom stereocenters. The monoisotopic (exact) mass is 209 g/mol. The van der Waals surface area contributed by atoms with Gasteiger partial charge in [-0.05, 0) is 17.5 Å². The number of hydrogen-bond acceptors (Lipinski definition) is 4. The van der Waals surface area contributed by atoms with E-state index in [0.29, 0.717) is 11.7 Å². The maximum atomic E-state index is 11.2. The molecule has 82 valence electrons. The Balaban J connectivity index is 2.69. The molecule has 0 saturated heterocycles. The lowest BCUT2D eigenvalue weighted by molar-refractivity contribution is -0.119. The van der Waals surface area contributed by atoms with Crippen molar-refractivity contribution in [2.24, 2.45) is 0 Å². The Labute approximate surface area is 88.9 Å². The number of aromatic nitrogens is 2. The van der Waals surface area contributed by atoms with Crippen LogP contribution < -0.4 is 5.32 Å². The summed E-state index contributed by atoms with van der Waals surface area (Å²) in [5.74, 6) is 0.592. The molecule has 1 rings (SSSR count). The summed E-state index contributed by atoms with van der Waals surface area (Å²) >= 11 is 0. The van der Waals surface area contributed by atoms with Gasteiger partial charge in [0.15, 0.2) is 5.82 Å². The van der Waals surface area contributed by atoms with E-state index in [4.69, 9.17) is 4.74 Å². The second-order valence-corrected chi connectivity index (χ2v) is 3.51. The molecular weight excluding hydrogens is 194 g/mol. The zero-order chi connectivity index (χ0) is 11.3. The molecule has 0 aromatic carbocycles. The van der Waals surface area contributed by atoms with Crippen LogP contribution in [0.15, 0.2) is 12.3 Å². The molecule has 5 nitrogen and oxygen atoms in total. The maximum absolute atomic E-state index is 11.2. The number of ether oxygens (including phenoxy) is 1. The summed E-state index contributed by atoms with van der Waals surface area (Å²) in [5, 5.41) is 10.2. The molecule has 0 aliphatic rings. The van der Waals surface area contributed by atoms with Crippen molar-refractivity contribution in [1.82, 2.24) is 10.2 Å². The van der Waals surface area contributed by atoms with Crippen molar-refractivity contribution in [2.45, 2.75) is 19.8 Å². The fourth-order valence-corrected chi connectivity index (χ4v) is 1.07.